The summed E-state index contributed by atoms with van der Waals surface area (Å²) in [5.74, 6) is 1.83. The van der Waals surface area contributed by atoms with Crippen LogP contribution in [0.5, 0.6) is 11.5 Å². The van der Waals surface area contributed by atoms with Crippen LogP contribution in [0.4, 0.5) is 0 Å². The fraction of sp³-hybridized carbons (Fsp3) is 0.533. The summed E-state index contributed by atoms with van der Waals surface area (Å²) < 4.78 is 7.47. The van der Waals surface area contributed by atoms with Gasteiger partial charge in [0.1, 0.15) is 11.5 Å². The fourth-order valence-corrected chi connectivity index (χ4v) is 2.15. The monoisotopic (exact) mass is 289 g/mol. The zero-order chi connectivity index (χ0) is 15.1. The van der Waals surface area contributed by atoms with E-state index in [0.717, 1.165) is 49.2 Å². The molecule has 0 aliphatic heterocycles. The van der Waals surface area contributed by atoms with E-state index in [1.54, 1.807) is 10.7 Å². The molecule has 0 aliphatic rings. The largest absolute Gasteiger partial charge is 0.507 e. The number of nitrogens with zero attached hydrogens (tertiary/aromatic N) is 4. The molecule has 2 rings (SSSR count). The van der Waals surface area contributed by atoms with E-state index >= 15 is 0 Å². The Balaban J connectivity index is 1.78. The van der Waals surface area contributed by atoms with Gasteiger partial charge in [0.25, 0.3) is 0 Å². The Morgan fingerprint density at radius 1 is 1.33 bits per heavy atom. The third kappa shape index (κ3) is 4.18. The number of rotatable bonds is 8. The van der Waals surface area contributed by atoms with Gasteiger partial charge >= 0.3 is 0 Å². The number of ether oxygens (including phenoxy) is 1. The van der Waals surface area contributed by atoms with E-state index in [0.29, 0.717) is 6.61 Å². The molecule has 0 bridgehead atoms. The van der Waals surface area contributed by atoms with Gasteiger partial charge in [-0.1, -0.05) is 13.3 Å². The first-order chi connectivity index (χ1) is 10.2. The van der Waals surface area contributed by atoms with E-state index in [4.69, 9.17) is 4.74 Å². The minimum Gasteiger partial charge on any atom is -0.507 e. The van der Waals surface area contributed by atoms with Crippen LogP contribution in [-0.4, -0.2) is 31.9 Å². The molecule has 1 radical (unpaired) electrons. The zero-order valence-corrected chi connectivity index (χ0v) is 12.5. The van der Waals surface area contributed by atoms with Crippen molar-refractivity contribution in [2.24, 2.45) is 7.05 Å². The third-order valence-electron chi connectivity index (χ3n) is 3.30. The topological polar surface area (TPSA) is 73.1 Å². The van der Waals surface area contributed by atoms with E-state index in [9.17, 15) is 5.11 Å². The van der Waals surface area contributed by atoms with Crippen LogP contribution in [0, 0.1) is 6.07 Å². The van der Waals surface area contributed by atoms with Crippen LogP contribution >= 0.6 is 0 Å². The summed E-state index contributed by atoms with van der Waals surface area (Å²) in [4.78, 5) is 0. The van der Waals surface area contributed by atoms with Gasteiger partial charge in [0.15, 0.2) is 5.82 Å². The fourth-order valence-electron chi connectivity index (χ4n) is 2.15. The molecule has 6 nitrogen and oxygen atoms in total. The van der Waals surface area contributed by atoms with Crippen LogP contribution in [0.25, 0.3) is 0 Å². The predicted molar refractivity (Wildman–Crippen MR) is 78.2 cm³/mol. The summed E-state index contributed by atoms with van der Waals surface area (Å²) >= 11 is 0. The molecular formula is C15H21N4O2. The maximum absolute atomic E-state index is 9.82. The molecule has 0 spiro atoms. The Kier molecular flexibility index (Phi) is 5.54. The summed E-state index contributed by atoms with van der Waals surface area (Å²) in [6.07, 6.45) is 4.46. The van der Waals surface area contributed by atoms with Crippen molar-refractivity contribution < 1.29 is 9.84 Å². The molecule has 1 heterocycles. The average molecular weight is 289 g/mol. The highest BCUT2D eigenvalue weighted by Gasteiger charge is 2.08. The van der Waals surface area contributed by atoms with Gasteiger partial charge in [0.05, 0.1) is 6.61 Å². The molecule has 113 valence electrons. The molecule has 21 heavy (non-hydrogen) atoms. The first-order valence-corrected chi connectivity index (χ1v) is 7.29. The Labute approximate surface area is 124 Å². The highest BCUT2D eigenvalue weighted by Crippen LogP contribution is 2.28. The number of phenolic OH excluding ortho intramolecular Hbond substituents is 1. The van der Waals surface area contributed by atoms with E-state index in [1.165, 1.54) is 0 Å². The van der Waals surface area contributed by atoms with Gasteiger partial charge in [-0.2, -0.15) is 0 Å². The number of hydrogen-bond donors (Lipinski definition) is 1. The molecule has 6 heteroatoms. The molecule has 2 aromatic rings. The Morgan fingerprint density at radius 3 is 2.90 bits per heavy atom. The maximum atomic E-state index is 9.82. The van der Waals surface area contributed by atoms with Crippen molar-refractivity contribution in [3.8, 4) is 11.5 Å². The third-order valence-corrected chi connectivity index (χ3v) is 3.30. The maximum Gasteiger partial charge on any atom is 0.150 e. The number of hydrogen-bond acceptors (Lipinski definition) is 5. The minimum atomic E-state index is 0.194. The molecule has 1 aromatic heterocycles. The molecule has 0 aliphatic carbocycles. The molecular weight excluding hydrogens is 268 g/mol. The van der Waals surface area contributed by atoms with Crippen LogP contribution in [0.2, 0.25) is 0 Å². The van der Waals surface area contributed by atoms with Crippen LogP contribution in [0.1, 0.15) is 37.6 Å². The van der Waals surface area contributed by atoms with Crippen LogP contribution in [0.15, 0.2) is 12.1 Å². The molecule has 0 fully saturated rings. The van der Waals surface area contributed by atoms with Crippen molar-refractivity contribution in [1.29, 1.82) is 0 Å². The second kappa shape index (κ2) is 7.61. The average Bonchev–Trinajstić information content (AvgIpc) is 2.87. The zero-order valence-electron chi connectivity index (χ0n) is 12.5. The van der Waals surface area contributed by atoms with Crippen molar-refractivity contribution in [3.05, 3.63) is 29.6 Å². The highest BCUT2D eigenvalue weighted by atomic mass is 16.5. The van der Waals surface area contributed by atoms with Crippen LogP contribution < -0.4 is 4.74 Å². The summed E-state index contributed by atoms with van der Waals surface area (Å²) in [5.41, 5.74) is 0.845. The molecule has 0 atom stereocenters. The summed E-state index contributed by atoms with van der Waals surface area (Å²) in [5, 5.41) is 21.2. The number of aromatic hydroxyl groups is 1. The van der Waals surface area contributed by atoms with Crippen molar-refractivity contribution in [3.63, 3.8) is 0 Å². The lowest BCUT2D eigenvalue weighted by atomic mass is 10.1. The van der Waals surface area contributed by atoms with Gasteiger partial charge in [-0.3, -0.25) is 0 Å². The van der Waals surface area contributed by atoms with E-state index in [2.05, 4.69) is 28.5 Å². The number of benzene rings is 1. The molecule has 1 aromatic carbocycles. The molecule has 0 amide bonds. The Hall–Kier alpha value is -2.11. The summed E-state index contributed by atoms with van der Waals surface area (Å²) in [6, 6.07) is 6.35. The van der Waals surface area contributed by atoms with E-state index in [1.807, 2.05) is 13.1 Å². The lowest BCUT2D eigenvalue weighted by Crippen LogP contribution is -2.03. The van der Waals surface area contributed by atoms with Gasteiger partial charge < -0.3 is 9.84 Å². The van der Waals surface area contributed by atoms with Crippen LogP contribution in [-0.2, 0) is 19.9 Å². The summed E-state index contributed by atoms with van der Waals surface area (Å²) in [7, 11) is 1.84. The minimum absolute atomic E-state index is 0.194. The van der Waals surface area contributed by atoms with Crippen molar-refractivity contribution >= 4 is 0 Å². The van der Waals surface area contributed by atoms with Crippen molar-refractivity contribution in [2.75, 3.05) is 6.61 Å². The second-order valence-electron chi connectivity index (χ2n) is 4.94. The number of aromatic nitrogens is 4. The quantitative estimate of drug-likeness (QED) is 0.753. The highest BCUT2D eigenvalue weighted by molar-refractivity contribution is 5.43. The van der Waals surface area contributed by atoms with Gasteiger partial charge in [0, 0.05) is 25.1 Å². The standard InChI is InChI=1S/C15H21N4O2/c1-3-7-12-13(20)8-6-9-14(12)21-11-5-4-10-15-16-17-18-19(15)2/h6,9,20H,3-5,7,10-11H2,1-2H3. The van der Waals surface area contributed by atoms with E-state index in [-0.39, 0.29) is 5.75 Å². The van der Waals surface area contributed by atoms with E-state index < -0.39 is 0 Å². The molecule has 1 N–H and O–H groups in total. The molecule has 0 unspecified atom stereocenters. The normalized spacial score (nSPS) is 10.8. The number of unbranched alkanes of at least 4 members (excludes halogenated alkanes) is 1. The van der Waals surface area contributed by atoms with Gasteiger partial charge in [-0.05, 0) is 41.8 Å². The Bertz CT molecular complexity index is 569. The van der Waals surface area contributed by atoms with Crippen molar-refractivity contribution in [1.82, 2.24) is 20.2 Å². The van der Waals surface area contributed by atoms with Gasteiger partial charge in [0.2, 0.25) is 0 Å². The molecule has 0 saturated heterocycles. The molecule has 0 saturated carbocycles. The number of phenols is 1. The van der Waals surface area contributed by atoms with Gasteiger partial charge in [-0.15, -0.1) is 5.10 Å². The lowest BCUT2D eigenvalue weighted by Gasteiger charge is -2.12. The SMILES string of the molecule is CCCc1c(O)[c]ccc1OCCCCc1nnnn1C. The van der Waals surface area contributed by atoms with Crippen molar-refractivity contribution in [2.45, 2.75) is 39.0 Å². The van der Waals surface area contributed by atoms with Gasteiger partial charge in [-0.25, -0.2) is 4.68 Å². The summed E-state index contributed by atoms with van der Waals surface area (Å²) in [6.45, 7) is 2.69. The number of tetrazole rings is 1. The lowest BCUT2D eigenvalue weighted by molar-refractivity contribution is 0.300. The smallest absolute Gasteiger partial charge is 0.150 e. The Morgan fingerprint density at radius 2 is 2.19 bits per heavy atom. The second-order valence-corrected chi connectivity index (χ2v) is 4.94. The number of aryl methyl sites for hydroxylation is 2. The van der Waals surface area contributed by atoms with Crippen LogP contribution in [0.3, 0.4) is 0 Å². The predicted octanol–water partition coefficient (Wildman–Crippen LogP) is 2.07. The first kappa shape index (κ1) is 15.3. The first-order valence-electron chi connectivity index (χ1n) is 7.29.